The summed E-state index contributed by atoms with van der Waals surface area (Å²) >= 11 is 0. The quantitative estimate of drug-likeness (QED) is 0.629. The molecule has 0 spiro atoms. The maximum absolute atomic E-state index is 5.88. The topological polar surface area (TPSA) is 63.4 Å². The molecule has 0 bridgehead atoms. The molecule has 1 aliphatic heterocycles. The van der Waals surface area contributed by atoms with E-state index in [0.29, 0.717) is 0 Å². The van der Waals surface area contributed by atoms with Gasteiger partial charge in [0.2, 0.25) is 0 Å². The van der Waals surface area contributed by atoms with Crippen LogP contribution in [-0.2, 0) is 4.74 Å². The third-order valence-corrected chi connectivity index (χ3v) is 4.51. The molecule has 0 radical (unpaired) electrons. The average molecular weight is 278 g/mol. The zero-order chi connectivity index (χ0) is 14.6. The Labute approximate surface area is 121 Å². The number of nitrogens with two attached hydrogens (primary N) is 1. The van der Waals surface area contributed by atoms with Crippen LogP contribution in [0, 0.1) is 6.92 Å². The lowest BCUT2D eigenvalue weighted by atomic mass is 9.83. The summed E-state index contributed by atoms with van der Waals surface area (Å²) in [4.78, 5) is 6.88. The van der Waals surface area contributed by atoms with Gasteiger partial charge in [-0.05, 0) is 31.9 Å². The molecule has 1 aromatic heterocycles. The van der Waals surface area contributed by atoms with Crippen LogP contribution < -0.4 is 11.3 Å². The minimum absolute atomic E-state index is 0.0462. The van der Waals surface area contributed by atoms with Crippen LogP contribution >= 0.6 is 0 Å². The number of ether oxygens (including phenoxy) is 1. The van der Waals surface area contributed by atoms with Crippen molar-refractivity contribution < 1.29 is 4.74 Å². The second-order valence-electron chi connectivity index (χ2n) is 5.64. The number of nitrogens with zero attached hydrogens (tertiary/aromatic N) is 2. The fourth-order valence-corrected chi connectivity index (χ4v) is 2.97. The van der Waals surface area contributed by atoms with E-state index in [1.54, 1.807) is 0 Å². The Balaban J connectivity index is 2.27. The summed E-state index contributed by atoms with van der Waals surface area (Å²) in [5.74, 6) is 5.88. The lowest BCUT2D eigenvalue weighted by molar-refractivity contribution is -0.0329. The summed E-state index contributed by atoms with van der Waals surface area (Å²) in [7, 11) is 0. The molecular weight excluding hydrogens is 252 g/mol. The van der Waals surface area contributed by atoms with Gasteiger partial charge in [-0.15, -0.1) is 0 Å². The van der Waals surface area contributed by atoms with Crippen LogP contribution in [-0.4, -0.2) is 41.7 Å². The van der Waals surface area contributed by atoms with E-state index in [9.17, 15) is 0 Å². The molecule has 2 heterocycles. The number of rotatable bonds is 5. The molecule has 0 amide bonds. The number of nitrogens with one attached hydrogen (secondary N) is 1. The van der Waals surface area contributed by atoms with Gasteiger partial charge in [0, 0.05) is 30.5 Å². The molecular formula is C15H26N4O. The minimum atomic E-state index is -0.0462. The van der Waals surface area contributed by atoms with Gasteiger partial charge < -0.3 is 4.74 Å². The normalized spacial score (nSPS) is 21.4. The van der Waals surface area contributed by atoms with Gasteiger partial charge in [0.25, 0.3) is 0 Å². The lowest BCUT2D eigenvalue weighted by Gasteiger charge is -2.47. The largest absolute Gasteiger partial charge is 0.379 e. The zero-order valence-electron chi connectivity index (χ0n) is 12.7. The Morgan fingerprint density at radius 3 is 2.65 bits per heavy atom. The summed E-state index contributed by atoms with van der Waals surface area (Å²) in [5, 5.41) is 0. The van der Waals surface area contributed by atoms with Crippen molar-refractivity contribution in [3.8, 4) is 0 Å². The molecule has 2 rings (SSSR count). The van der Waals surface area contributed by atoms with Crippen LogP contribution in [0.15, 0.2) is 18.3 Å². The molecule has 0 aliphatic carbocycles. The molecule has 5 nitrogen and oxygen atoms in total. The van der Waals surface area contributed by atoms with E-state index in [-0.39, 0.29) is 11.6 Å². The molecule has 0 aromatic carbocycles. The average Bonchev–Trinajstić information content (AvgIpc) is 2.50. The van der Waals surface area contributed by atoms with Crippen LogP contribution in [0.3, 0.4) is 0 Å². The van der Waals surface area contributed by atoms with E-state index in [1.807, 2.05) is 19.2 Å². The van der Waals surface area contributed by atoms with Crippen LogP contribution in [0.2, 0.25) is 0 Å². The van der Waals surface area contributed by atoms with Crippen molar-refractivity contribution in [2.75, 3.05) is 26.3 Å². The Hall–Kier alpha value is -1.01. The smallest absolute Gasteiger partial charge is 0.0656 e. The number of hydrazine groups is 1. The maximum Gasteiger partial charge on any atom is 0.0656 e. The molecule has 1 aliphatic rings. The number of hydrogen-bond donors (Lipinski definition) is 2. The molecule has 20 heavy (non-hydrogen) atoms. The van der Waals surface area contributed by atoms with Gasteiger partial charge in [0.15, 0.2) is 0 Å². The van der Waals surface area contributed by atoms with Crippen LogP contribution in [0.1, 0.15) is 37.6 Å². The van der Waals surface area contributed by atoms with E-state index >= 15 is 0 Å². The molecule has 2 atom stereocenters. The lowest BCUT2D eigenvalue weighted by Crippen LogP contribution is -2.58. The summed E-state index contributed by atoms with van der Waals surface area (Å²) in [6, 6.07) is 4.20. The molecule has 1 fully saturated rings. The first-order valence-corrected chi connectivity index (χ1v) is 7.33. The Morgan fingerprint density at radius 2 is 2.15 bits per heavy atom. The van der Waals surface area contributed by atoms with Gasteiger partial charge in [-0.25, -0.2) is 0 Å². The molecule has 3 N–H and O–H groups in total. The second-order valence-corrected chi connectivity index (χ2v) is 5.64. The van der Waals surface area contributed by atoms with Crippen molar-refractivity contribution in [3.63, 3.8) is 0 Å². The Morgan fingerprint density at radius 1 is 1.45 bits per heavy atom. The molecule has 2 unspecified atom stereocenters. The Bertz CT molecular complexity index is 416. The summed E-state index contributed by atoms with van der Waals surface area (Å²) in [5.41, 5.74) is 5.11. The summed E-state index contributed by atoms with van der Waals surface area (Å²) in [6.45, 7) is 9.95. The SMILES string of the molecule is CCC(C)(C(NN)c1ccc(C)nc1)N1CCOCC1. The van der Waals surface area contributed by atoms with Gasteiger partial charge >= 0.3 is 0 Å². The van der Waals surface area contributed by atoms with Crippen molar-refractivity contribution in [1.29, 1.82) is 0 Å². The number of aromatic nitrogens is 1. The highest BCUT2D eigenvalue weighted by Crippen LogP contribution is 2.34. The van der Waals surface area contributed by atoms with Crippen molar-refractivity contribution in [2.45, 2.75) is 38.8 Å². The Kier molecular flexibility index (Phi) is 5.10. The van der Waals surface area contributed by atoms with Gasteiger partial charge in [0.1, 0.15) is 0 Å². The predicted molar refractivity (Wildman–Crippen MR) is 80.1 cm³/mol. The van der Waals surface area contributed by atoms with Gasteiger partial charge in [-0.1, -0.05) is 13.0 Å². The first-order chi connectivity index (χ1) is 9.61. The van der Waals surface area contributed by atoms with E-state index in [0.717, 1.165) is 44.0 Å². The van der Waals surface area contributed by atoms with Gasteiger partial charge in [-0.3, -0.25) is 21.2 Å². The summed E-state index contributed by atoms with van der Waals surface area (Å²) < 4.78 is 5.47. The number of aryl methyl sites for hydroxylation is 1. The van der Waals surface area contributed by atoms with Crippen molar-refractivity contribution in [2.24, 2.45) is 5.84 Å². The zero-order valence-corrected chi connectivity index (χ0v) is 12.7. The van der Waals surface area contributed by atoms with Gasteiger partial charge in [-0.2, -0.15) is 0 Å². The number of morpholine rings is 1. The fraction of sp³-hybridized carbons (Fsp3) is 0.667. The predicted octanol–water partition coefficient (Wildman–Crippen LogP) is 1.40. The van der Waals surface area contributed by atoms with Crippen molar-refractivity contribution in [3.05, 3.63) is 29.6 Å². The molecule has 1 aromatic rings. The molecule has 5 heteroatoms. The first kappa shape index (κ1) is 15.4. The van der Waals surface area contributed by atoms with Crippen molar-refractivity contribution >= 4 is 0 Å². The first-order valence-electron chi connectivity index (χ1n) is 7.33. The molecule has 1 saturated heterocycles. The minimum Gasteiger partial charge on any atom is -0.379 e. The maximum atomic E-state index is 5.88. The second kappa shape index (κ2) is 6.63. The van der Waals surface area contributed by atoms with E-state index in [2.05, 4.69) is 35.2 Å². The van der Waals surface area contributed by atoms with E-state index in [1.165, 1.54) is 0 Å². The fourth-order valence-electron chi connectivity index (χ4n) is 2.97. The highest BCUT2D eigenvalue weighted by Gasteiger charge is 2.39. The van der Waals surface area contributed by atoms with Crippen molar-refractivity contribution in [1.82, 2.24) is 15.3 Å². The van der Waals surface area contributed by atoms with E-state index < -0.39 is 0 Å². The standard InChI is InChI=1S/C15H26N4O/c1-4-15(3,19-7-9-20-10-8-19)14(18-16)13-6-5-12(2)17-11-13/h5-6,11,14,18H,4,7-10,16H2,1-3H3. The van der Waals surface area contributed by atoms with Crippen LogP contribution in [0.4, 0.5) is 0 Å². The number of pyridine rings is 1. The van der Waals surface area contributed by atoms with Crippen LogP contribution in [0.5, 0.6) is 0 Å². The highest BCUT2D eigenvalue weighted by molar-refractivity contribution is 5.21. The van der Waals surface area contributed by atoms with E-state index in [4.69, 9.17) is 10.6 Å². The van der Waals surface area contributed by atoms with Crippen LogP contribution in [0.25, 0.3) is 0 Å². The third-order valence-electron chi connectivity index (χ3n) is 4.51. The summed E-state index contributed by atoms with van der Waals surface area (Å²) in [6.07, 6.45) is 2.93. The third kappa shape index (κ3) is 3.01. The highest BCUT2D eigenvalue weighted by atomic mass is 16.5. The number of hydrogen-bond acceptors (Lipinski definition) is 5. The van der Waals surface area contributed by atoms with Gasteiger partial charge in [0.05, 0.1) is 19.3 Å². The molecule has 112 valence electrons. The monoisotopic (exact) mass is 278 g/mol. The molecule has 0 saturated carbocycles.